The fraction of sp³-hybridized carbons (Fsp3) is 0.167. The van der Waals surface area contributed by atoms with Crippen molar-refractivity contribution >= 4 is 40.7 Å². The van der Waals surface area contributed by atoms with Gasteiger partial charge in [0, 0.05) is 38.2 Å². The quantitative estimate of drug-likeness (QED) is 0.518. The predicted molar refractivity (Wildman–Crippen MR) is 121 cm³/mol. The van der Waals surface area contributed by atoms with Crippen molar-refractivity contribution in [3.63, 3.8) is 0 Å². The van der Waals surface area contributed by atoms with Gasteiger partial charge in [-0.15, -0.1) is 0 Å². The van der Waals surface area contributed by atoms with Crippen LogP contribution in [0.25, 0.3) is 0 Å². The van der Waals surface area contributed by atoms with Crippen molar-refractivity contribution in [1.82, 2.24) is 5.32 Å². The number of rotatable bonds is 4. The fourth-order valence-corrected chi connectivity index (χ4v) is 4.40. The largest absolute Gasteiger partial charge is 0.348 e. The van der Waals surface area contributed by atoms with Gasteiger partial charge in [-0.2, -0.15) is 0 Å². The predicted octanol–water partition coefficient (Wildman–Crippen LogP) is 6.57. The molecular weight excluding hydrogens is 400 g/mol. The second-order valence-corrected chi connectivity index (χ2v) is 8.53. The van der Waals surface area contributed by atoms with E-state index < -0.39 is 0 Å². The maximum Gasteiger partial charge on any atom is 0.251 e. The van der Waals surface area contributed by atoms with E-state index in [2.05, 4.69) is 37.4 Å². The minimum absolute atomic E-state index is 0.112. The number of benzene rings is 3. The Labute approximate surface area is 180 Å². The molecule has 3 nitrogen and oxygen atoms in total. The van der Waals surface area contributed by atoms with E-state index in [1.165, 1.54) is 16.0 Å². The van der Waals surface area contributed by atoms with Crippen molar-refractivity contribution in [2.75, 3.05) is 0 Å². The van der Waals surface area contributed by atoms with Crippen LogP contribution < -0.4 is 5.32 Å². The van der Waals surface area contributed by atoms with Crippen LogP contribution in [0.4, 0.5) is 5.69 Å². The summed E-state index contributed by atoms with van der Waals surface area (Å²) in [5.41, 5.74) is 5.92. The molecule has 3 aromatic carbocycles. The van der Waals surface area contributed by atoms with E-state index in [9.17, 15) is 4.79 Å². The lowest BCUT2D eigenvalue weighted by Crippen LogP contribution is -2.22. The van der Waals surface area contributed by atoms with Crippen molar-refractivity contribution in [2.24, 2.45) is 4.99 Å². The van der Waals surface area contributed by atoms with Crippen LogP contribution in [0.3, 0.4) is 0 Å². The normalized spacial score (nSPS) is 12.4. The van der Waals surface area contributed by atoms with Crippen molar-refractivity contribution in [3.8, 4) is 0 Å². The Morgan fingerprint density at radius 1 is 1.03 bits per heavy atom. The smallest absolute Gasteiger partial charge is 0.251 e. The van der Waals surface area contributed by atoms with Gasteiger partial charge in [0.25, 0.3) is 5.91 Å². The molecule has 29 heavy (non-hydrogen) atoms. The molecule has 4 rings (SSSR count). The average Bonchev–Trinajstić information content (AvgIpc) is 2.88. The average molecular weight is 421 g/mol. The summed E-state index contributed by atoms with van der Waals surface area (Å²) < 4.78 is 0. The number of aryl methyl sites for hydroxylation is 1. The Kier molecular flexibility index (Phi) is 5.74. The van der Waals surface area contributed by atoms with E-state index in [1.807, 2.05) is 42.5 Å². The molecule has 0 bridgehead atoms. The molecule has 146 valence electrons. The molecule has 5 heteroatoms. The molecule has 1 N–H and O–H groups in total. The molecule has 1 aliphatic heterocycles. The van der Waals surface area contributed by atoms with Crippen molar-refractivity contribution < 1.29 is 4.79 Å². The molecule has 0 spiro atoms. The summed E-state index contributed by atoms with van der Waals surface area (Å²) in [4.78, 5) is 19.9. The second-order valence-electron chi connectivity index (χ2n) is 7.01. The Bertz CT molecular complexity index is 1110. The molecule has 0 saturated heterocycles. The number of nitrogens with one attached hydrogen (secondary N) is 1. The molecule has 0 fully saturated rings. The van der Waals surface area contributed by atoms with Gasteiger partial charge in [0.15, 0.2) is 0 Å². The lowest BCUT2D eigenvalue weighted by atomic mass is 10.0. The molecule has 0 atom stereocenters. The van der Waals surface area contributed by atoms with Gasteiger partial charge in [-0.05, 0) is 61.4 Å². The van der Waals surface area contributed by atoms with Crippen LogP contribution in [-0.2, 0) is 6.54 Å². The van der Waals surface area contributed by atoms with Crippen molar-refractivity contribution in [1.29, 1.82) is 0 Å². The van der Waals surface area contributed by atoms with E-state index >= 15 is 0 Å². The van der Waals surface area contributed by atoms with Gasteiger partial charge >= 0.3 is 0 Å². The monoisotopic (exact) mass is 420 g/mol. The van der Waals surface area contributed by atoms with Crippen LogP contribution in [0.5, 0.6) is 0 Å². The third-order valence-electron chi connectivity index (χ3n) is 4.84. The summed E-state index contributed by atoms with van der Waals surface area (Å²) >= 11 is 7.62. The molecule has 0 radical (unpaired) electrons. The first-order chi connectivity index (χ1) is 14.0. The molecule has 0 unspecified atom stereocenters. The summed E-state index contributed by atoms with van der Waals surface area (Å²) in [5, 5.41) is 3.65. The lowest BCUT2D eigenvalue weighted by molar-refractivity contribution is 0.0951. The molecule has 0 aromatic heterocycles. The molecule has 3 aromatic rings. The number of aliphatic imine (C=N–C) groups is 1. The van der Waals surface area contributed by atoms with Crippen LogP contribution in [-0.4, -0.2) is 11.6 Å². The van der Waals surface area contributed by atoms with Crippen LogP contribution in [0.15, 0.2) is 75.4 Å². The first-order valence-corrected chi connectivity index (χ1v) is 10.8. The third-order valence-corrected chi connectivity index (χ3v) is 6.24. The number of carbonyl (C=O) groups excluding carboxylic acids is 1. The zero-order valence-corrected chi connectivity index (χ0v) is 17.9. The lowest BCUT2D eigenvalue weighted by Gasteiger charge is -2.09. The van der Waals surface area contributed by atoms with Gasteiger partial charge in [-0.25, -0.2) is 0 Å². The van der Waals surface area contributed by atoms with Gasteiger partial charge < -0.3 is 5.32 Å². The maximum atomic E-state index is 12.7. The standard InChI is InChI=1S/C24H21ClN2OS/c1-3-20-19-12-15(2)4-10-22(19)29-23-11-7-17(13-21(23)27-20)24(28)26-14-16-5-8-18(25)9-6-16/h4-13H,3,14H2,1-2H3,(H,26,28). The Hall–Kier alpha value is -2.56. The molecule has 1 heterocycles. The van der Waals surface area contributed by atoms with Gasteiger partial charge in [0.05, 0.1) is 5.69 Å². The summed E-state index contributed by atoms with van der Waals surface area (Å²) in [7, 11) is 0. The Morgan fingerprint density at radius 3 is 2.55 bits per heavy atom. The minimum Gasteiger partial charge on any atom is -0.348 e. The highest BCUT2D eigenvalue weighted by atomic mass is 35.5. The minimum atomic E-state index is -0.112. The highest BCUT2D eigenvalue weighted by Gasteiger charge is 2.18. The third kappa shape index (κ3) is 4.39. The molecule has 0 saturated carbocycles. The summed E-state index contributed by atoms with van der Waals surface area (Å²) in [6.07, 6.45) is 0.837. The first kappa shape index (κ1) is 19.7. The van der Waals surface area contributed by atoms with E-state index in [4.69, 9.17) is 16.6 Å². The molecule has 1 aliphatic rings. The zero-order chi connectivity index (χ0) is 20.4. The summed E-state index contributed by atoms with van der Waals surface area (Å²) in [6.45, 7) is 4.67. The summed E-state index contributed by atoms with van der Waals surface area (Å²) in [6, 6.07) is 19.7. The number of nitrogens with zero attached hydrogens (tertiary/aromatic N) is 1. The number of hydrogen-bond donors (Lipinski definition) is 1. The topological polar surface area (TPSA) is 41.5 Å². The van der Waals surface area contributed by atoms with Crippen molar-refractivity contribution in [2.45, 2.75) is 36.6 Å². The van der Waals surface area contributed by atoms with Crippen LogP contribution in [0.1, 0.15) is 40.4 Å². The Morgan fingerprint density at radius 2 is 1.79 bits per heavy atom. The summed E-state index contributed by atoms with van der Waals surface area (Å²) in [5.74, 6) is -0.112. The SMILES string of the molecule is CCC1=Nc2cc(C(=O)NCc3ccc(Cl)cc3)ccc2Sc2ccc(C)cc21. The number of carbonyl (C=O) groups is 1. The number of halogens is 1. The molecular formula is C24H21ClN2OS. The van der Waals surface area contributed by atoms with E-state index in [-0.39, 0.29) is 5.91 Å². The van der Waals surface area contributed by atoms with Crippen LogP contribution >= 0.6 is 23.4 Å². The van der Waals surface area contributed by atoms with E-state index in [0.717, 1.165) is 28.3 Å². The van der Waals surface area contributed by atoms with Crippen LogP contribution in [0.2, 0.25) is 5.02 Å². The van der Waals surface area contributed by atoms with Gasteiger partial charge in [0.2, 0.25) is 0 Å². The van der Waals surface area contributed by atoms with E-state index in [1.54, 1.807) is 11.8 Å². The first-order valence-electron chi connectivity index (χ1n) is 9.56. The van der Waals surface area contributed by atoms with Gasteiger partial charge in [-0.3, -0.25) is 9.79 Å². The number of amides is 1. The highest BCUT2D eigenvalue weighted by Crippen LogP contribution is 2.41. The fourth-order valence-electron chi connectivity index (χ4n) is 3.27. The van der Waals surface area contributed by atoms with Gasteiger partial charge in [-0.1, -0.05) is 54.0 Å². The second kappa shape index (κ2) is 8.44. The maximum absolute atomic E-state index is 12.7. The van der Waals surface area contributed by atoms with E-state index in [0.29, 0.717) is 17.1 Å². The van der Waals surface area contributed by atoms with Gasteiger partial charge in [0.1, 0.15) is 0 Å². The Balaban J connectivity index is 1.59. The molecule has 1 amide bonds. The highest BCUT2D eigenvalue weighted by molar-refractivity contribution is 7.99. The zero-order valence-electron chi connectivity index (χ0n) is 16.3. The number of hydrogen-bond acceptors (Lipinski definition) is 3. The molecule has 0 aliphatic carbocycles. The van der Waals surface area contributed by atoms with Crippen molar-refractivity contribution in [3.05, 3.63) is 87.9 Å². The number of fused-ring (bicyclic) bond motifs is 2. The van der Waals surface area contributed by atoms with Crippen LogP contribution in [0, 0.1) is 6.92 Å².